The number of oxime groups is 2. The minimum atomic E-state index is -0.470. The molecule has 29 heavy (non-hydrogen) atoms. The van der Waals surface area contributed by atoms with E-state index in [0.29, 0.717) is 30.1 Å². The van der Waals surface area contributed by atoms with Gasteiger partial charge in [-0.2, -0.15) is 0 Å². The van der Waals surface area contributed by atoms with Gasteiger partial charge in [0.1, 0.15) is 11.4 Å². The Morgan fingerprint density at radius 1 is 1.17 bits per heavy atom. The molecule has 4 saturated carbocycles. The minimum absolute atomic E-state index is 0.0971. The number of Topliss-reactive ketones (excluding diaryl/α,β-unsaturated/α-hetero) is 1. The van der Waals surface area contributed by atoms with Gasteiger partial charge >= 0.3 is 0 Å². The van der Waals surface area contributed by atoms with Crippen LogP contribution in [-0.4, -0.2) is 34.6 Å². The molecule has 4 aliphatic carbocycles. The lowest BCUT2D eigenvalue weighted by Crippen LogP contribution is -2.56. The molecule has 0 aromatic carbocycles. The van der Waals surface area contributed by atoms with E-state index in [2.05, 4.69) is 24.2 Å². The molecule has 4 aliphatic rings. The largest absolute Gasteiger partial charge is 0.411 e. The maximum Gasteiger partial charge on any atom is 0.144 e. The normalized spacial score (nSPS) is 45.1. The summed E-state index contributed by atoms with van der Waals surface area (Å²) in [6.45, 7) is 8.88. The summed E-state index contributed by atoms with van der Waals surface area (Å²) in [5.74, 6) is 2.14. The smallest absolute Gasteiger partial charge is 0.144 e. The van der Waals surface area contributed by atoms with E-state index in [4.69, 9.17) is 10.6 Å². The van der Waals surface area contributed by atoms with Gasteiger partial charge in [-0.05, 0) is 82.0 Å². The zero-order chi connectivity index (χ0) is 21.0. The molecule has 0 bridgehead atoms. The Hall–Kier alpha value is -1.43. The van der Waals surface area contributed by atoms with E-state index in [1.165, 1.54) is 0 Å². The molecule has 0 spiro atoms. The number of rotatable bonds is 3. The van der Waals surface area contributed by atoms with Gasteiger partial charge < -0.3 is 15.8 Å². The van der Waals surface area contributed by atoms with Crippen LogP contribution in [0.3, 0.4) is 0 Å². The molecule has 4 fully saturated rings. The molecule has 162 valence electrons. The average Bonchev–Trinajstić information content (AvgIpc) is 3.00. The SMILES string of the molecule is CC(C)(CN)ON=C1CC[C@@]2(C)[C@H](C1)/C(=N/O)C[C@@H]1[C@@H]2CC[C@]2(C)C(=O)CC[C@@H]12. The molecular formula is C23H37N3O3. The highest BCUT2D eigenvalue weighted by Crippen LogP contribution is 2.64. The van der Waals surface area contributed by atoms with Crippen LogP contribution in [0.1, 0.15) is 79.1 Å². The van der Waals surface area contributed by atoms with Crippen molar-refractivity contribution in [3.05, 3.63) is 0 Å². The van der Waals surface area contributed by atoms with E-state index in [1.54, 1.807) is 0 Å². The first-order valence-corrected chi connectivity index (χ1v) is 11.3. The van der Waals surface area contributed by atoms with Gasteiger partial charge in [0, 0.05) is 24.3 Å². The van der Waals surface area contributed by atoms with Crippen LogP contribution >= 0.6 is 0 Å². The third-order valence-corrected chi connectivity index (χ3v) is 9.07. The second-order valence-electron chi connectivity index (χ2n) is 11.1. The summed E-state index contributed by atoms with van der Waals surface area (Å²) in [5.41, 5.74) is 7.18. The zero-order valence-corrected chi connectivity index (χ0v) is 18.4. The molecule has 0 heterocycles. The van der Waals surface area contributed by atoms with Crippen LogP contribution in [0.5, 0.6) is 0 Å². The van der Waals surface area contributed by atoms with Gasteiger partial charge in [-0.1, -0.05) is 24.2 Å². The Bertz CT molecular complexity index is 746. The summed E-state index contributed by atoms with van der Waals surface area (Å²) in [6.07, 6.45) is 7.40. The van der Waals surface area contributed by atoms with Crippen molar-refractivity contribution in [3.8, 4) is 0 Å². The molecule has 0 amide bonds. The number of nitrogens with zero attached hydrogens (tertiary/aromatic N) is 2. The first-order valence-electron chi connectivity index (χ1n) is 11.3. The highest BCUT2D eigenvalue weighted by Gasteiger charge is 2.61. The van der Waals surface area contributed by atoms with Crippen LogP contribution in [0.15, 0.2) is 10.3 Å². The van der Waals surface area contributed by atoms with Gasteiger partial charge in [0.2, 0.25) is 0 Å². The van der Waals surface area contributed by atoms with Crippen LogP contribution in [0.4, 0.5) is 0 Å². The second kappa shape index (κ2) is 7.07. The molecule has 0 unspecified atom stereocenters. The van der Waals surface area contributed by atoms with Crippen LogP contribution in [0.25, 0.3) is 0 Å². The fourth-order valence-electron chi connectivity index (χ4n) is 7.07. The summed E-state index contributed by atoms with van der Waals surface area (Å²) >= 11 is 0. The molecule has 0 aliphatic heterocycles. The molecular weight excluding hydrogens is 366 g/mol. The second-order valence-corrected chi connectivity index (χ2v) is 11.1. The van der Waals surface area contributed by atoms with Crippen molar-refractivity contribution in [1.29, 1.82) is 0 Å². The van der Waals surface area contributed by atoms with Crippen molar-refractivity contribution < 1.29 is 14.8 Å². The van der Waals surface area contributed by atoms with E-state index in [1.807, 2.05) is 13.8 Å². The molecule has 0 aromatic heterocycles. The first-order chi connectivity index (χ1) is 13.6. The number of carbonyl (C=O) groups is 1. The Balaban J connectivity index is 1.59. The fraction of sp³-hybridized carbons (Fsp3) is 0.870. The number of nitrogens with two attached hydrogens (primary N) is 1. The van der Waals surface area contributed by atoms with Gasteiger partial charge in [-0.25, -0.2) is 0 Å². The predicted octanol–water partition coefficient (Wildman–Crippen LogP) is 4.15. The summed E-state index contributed by atoms with van der Waals surface area (Å²) in [4.78, 5) is 18.3. The van der Waals surface area contributed by atoms with E-state index in [0.717, 1.165) is 62.8 Å². The van der Waals surface area contributed by atoms with Crippen molar-refractivity contribution in [2.24, 2.45) is 50.5 Å². The highest BCUT2D eigenvalue weighted by molar-refractivity contribution is 5.96. The molecule has 0 saturated heterocycles. The summed E-state index contributed by atoms with van der Waals surface area (Å²) in [6, 6.07) is 0. The Morgan fingerprint density at radius 3 is 2.62 bits per heavy atom. The van der Waals surface area contributed by atoms with Gasteiger partial charge in [-0.3, -0.25) is 4.79 Å². The van der Waals surface area contributed by atoms with E-state index in [-0.39, 0.29) is 16.7 Å². The van der Waals surface area contributed by atoms with E-state index < -0.39 is 5.60 Å². The van der Waals surface area contributed by atoms with Gasteiger partial charge in [0.25, 0.3) is 0 Å². The summed E-state index contributed by atoms with van der Waals surface area (Å²) < 4.78 is 0. The average molecular weight is 404 g/mol. The summed E-state index contributed by atoms with van der Waals surface area (Å²) in [5, 5.41) is 18.2. The number of hydrogen-bond acceptors (Lipinski definition) is 6. The van der Waals surface area contributed by atoms with Gasteiger partial charge in [-0.15, -0.1) is 0 Å². The quantitative estimate of drug-likeness (QED) is 0.546. The molecule has 0 radical (unpaired) electrons. The number of hydrogen-bond donors (Lipinski definition) is 2. The first kappa shape index (κ1) is 20.8. The van der Waals surface area contributed by atoms with Gasteiger partial charge in [0.05, 0.1) is 11.4 Å². The lowest BCUT2D eigenvalue weighted by molar-refractivity contribution is -0.133. The topological polar surface area (TPSA) is 97.3 Å². The van der Waals surface area contributed by atoms with E-state index >= 15 is 0 Å². The van der Waals surface area contributed by atoms with Crippen molar-refractivity contribution in [1.82, 2.24) is 0 Å². The molecule has 3 N–H and O–H groups in total. The number of ketones is 1. The Kier molecular flexibility index (Phi) is 5.08. The van der Waals surface area contributed by atoms with Crippen LogP contribution < -0.4 is 5.73 Å². The maximum atomic E-state index is 12.6. The Labute approximate surface area is 174 Å². The lowest BCUT2D eigenvalue weighted by Gasteiger charge is -2.59. The lowest BCUT2D eigenvalue weighted by atomic mass is 9.45. The molecule has 0 aromatic rings. The zero-order valence-electron chi connectivity index (χ0n) is 18.4. The third-order valence-electron chi connectivity index (χ3n) is 9.07. The standard InChI is InChI=1S/C23H37N3O3/c1-21(2,13-24)29-26-14-7-9-22(3)17-8-10-23(4)16(5-6-20(23)27)15(17)12-19(25-28)18(22)11-14/h15-18,28H,5-13,24H2,1-4H3/b25-19+,26-14?/t15-,16-,17-,18+,22+,23-/m0/s1. The van der Waals surface area contributed by atoms with Crippen LogP contribution in [0.2, 0.25) is 0 Å². The molecule has 4 rings (SSSR count). The fourth-order valence-corrected chi connectivity index (χ4v) is 7.07. The van der Waals surface area contributed by atoms with Crippen molar-refractivity contribution in [2.45, 2.75) is 84.7 Å². The monoisotopic (exact) mass is 403 g/mol. The van der Waals surface area contributed by atoms with Crippen LogP contribution in [0, 0.1) is 34.5 Å². The van der Waals surface area contributed by atoms with Crippen molar-refractivity contribution in [3.63, 3.8) is 0 Å². The maximum absolute atomic E-state index is 12.6. The molecule has 6 nitrogen and oxygen atoms in total. The Morgan fingerprint density at radius 2 is 1.93 bits per heavy atom. The number of carbonyl (C=O) groups excluding carboxylic acids is 1. The summed E-state index contributed by atoms with van der Waals surface area (Å²) in [7, 11) is 0. The van der Waals surface area contributed by atoms with Crippen molar-refractivity contribution >= 4 is 17.2 Å². The minimum Gasteiger partial charge on any atom is -0.411 e. The van der Waals surface area contributed by atoms with E-state index in [9.17, 15) is 10.0 Å². The third kappa shape index (κ3) is 3.22. The van der Waals surface area contributed by atoms with Crippen LogP contribution in [-0.2, 0) is 9.63 Å². The molecule has 6 heteroatoms. The number of fused-ring (bicyclic) bond motifs is 5. The highest BCUT2D eigenvalue weighted by atomic mass is 16.6. The van der Waals surface area contributed by atoms with Gasteiger partial charge in [0.15, 0.2) is 0 Å². The van der Waals surface area contributed by atoms with Crippen molar-refractivity contribution in [2.75, 3.05) is 6.54 Å². The molecule has 6 atom stereocenters. The predicted molar refractivity (Wildman–Crippen MR) is 113 cm³/mol.